The Labute approximate surface area is 90.6 Å². The third kappa shape index (κ3) is 5.57. The van der Waals surface area contributed by atoms with E-state index in [0.29, 0.717) is 6.61 Å². The Morgan fingerprint density at radius 3 is 3.07 bits per heavy atom. The van der Waals surface area contributed by atoms with E-state index in [2.05, 4.69) is 5.32 Å². The Hall–Kier alpha value is -0.840. The van der Waals surface area contributed by atoms with Gasteiger partial charge in [-0.05, 0) is 19.1 Å². The van der Waals surface area contributed by atoms with Gasteiger partial charge >= 0.3 is 0 Å². The van der Waals surface area contributed by atoms with Crippen LogP contribution in [0.4, 0.5) is 0 Å². The molecule has 0 radical (unpaired) electrons. The predicted octanol–water partition coefficient (Wildman–Crippen LogP) is 1.42. The van der Waals surface area contributed by atoms with Crippen molar-refractivity contribution >= 4 is 0 Å². The second kappa shape index (κ2) is 7.45. The van der Waals surface area contributed by atoms with Gasteiger partial charge in [0.2, 0.25) is 0 Å². The highest BCUT2D eigenvalue weighted by Gasteiger charge is 2.03. The van der Waals surface area contributed by atoms with Gasteiger partial charge in [-0.15, -0.1) is 0 Å². The van der Waals surface area contributed by atoms with Crippen molar-refractivity contribution in [2.24, 2.45) is 0 Å². The molecule has 86 valence electrons. The first-order chi connectivity index (χ1) is 7.33. The molecule has 0 fully saturated rings. The van der Waals surface area contributed by atoms with Gasteiger partial charge in [-0.25, -0.2) is 0 Å². The molecule has 0 amide bonds. The molecule has 0 aliphatic carbocycles. The lowest BCUT2D eigenvalue weighted by molar-refractivity contribution is 0.0420. The van der Waals surface area contributed by atoms with Crippen LogP contribution in [0.5, 0.6) is 0 Å². The minimum atomic E-state index is 0.173. The van der Waals surface area contributed by atoms with Crippen molar-refractivity contribution in [1.29, 1.82) is 0 Å². The standard InChI is InChI=1S/C11H19NO3/c1-10(8-12-5-7-13-2)15-9-11-4-3-6-14-11/h3-4,6,10,12H,5,7-9H2,1-2H3. The van der Waals surface area contributed by atoms with E-state index in [0.717, 1.165) is 25.5 Å². The number of nitrogens with one attached hydrogen (secondary N) is 1. The summed E-state index contributed by atoms with van der Waals surface area (Å²) in [4.78, 5) is 0. The molecule has 0 saturated heterocycles. The molecule has 0 saturated carbocycles. The van der Waals surface area contributed by atoms with Crippen molar-refractivity contribution < 1.29 is 13.9 Å². The number of furan rings is 1. The van der Waals surface area contributed by atoms with Crippen LogP contribution in [0.15, 0.2) is 22.8 Å². The third-order valence-corrected chi connectivity index (χ3v) is 2.00. The second-order valence-corrected chi connectivity index (χ2v) is 3.40. The first-order valence-electron chi connectivity index (χ1n) is 5.16. The van der Waals surface area contributed by atoms with Crippen molar-refractivity contribution in [3.05, 3.63) is 24.2 Å². The topological polar surface area (TPSA) is 43.6 Å². The van der Waals surface area contributed by atoms with Crippen LogP contribution in [0.25, 0.3) is 0 Å². The van der Waals surface area contributed by atoms with Crippen LogP contribution >= 0.6 is 0 Å². The van der Waals surface area contributed by atoms with Gasteiger partial charge in [0.05, 0.1) is 19.0 Å². The highest BCUT2D eigenvalue weighted by Crippen LogP contribution is 2.03. The lowest BCUT2D eigenvalue weighted by atomic mass is 10.4. The van der Waals surface area contributed by atoms with Crippen LogP contribution in [0.1, 0.15) is 12.7 Å². The molecule has 4 heteroatoms. The van der Waals surface area contributed by atoms with Gasteiger partial charge in [-0.3, -0.25) is 0 Å². The van der Waals surface area contributed by atoms with Crippen LogP contribution in [0, 0.1) is 0 Å². The molecule has 1 heterocycles. The van der Waals surface area contributed by atoms with Crippen molar-refractivity contribution in [3.8, 4) is 0 Å². The zero-order valence-corrected chi connectivity index (χ0v) is 9.36. The Morgan fingerprint density at radius 2 is 2.40 bits per heavy atom. The van der Waals surface area contributed by atoms with Crippen molar-refractivity contribution in [1.82, 2.24) is 5.32 Å². The van der Waals surface area contributed by atoms with Crippen LogP contribution in [-0.2, 0) is 16.1 Å². The molecule has 15 heavy (non-hydrogen) atoms. The fraction of sp³-hybridized carbons (Fsp3) is 0.636. The van der Waals surface area contributed by atoms with Gasteiger partial charge < -0.3 is 19.2 Å². The molecule has 0 aliphatic heterocycles. The predicted molar refractivity (Wildman–Crippen MR) is 57.7 cm³/mol. The van der Waals surface area contributed by atoms with Gasteiger partial charge in [0.25, 0.3) is 0 Å². The smallest absolute Gasteiger partial charge is 0.129 e. The van der Waals surface area contributed by atoms with Gasteiger partial charge in [-0.2, -0.15) is 0 Å². The Bertz CT molecular complexity index is 236. The number of ether oxygens (including phenoxy) is 2. The number of methoxy groups -OCH3 is 1. The van der Waals surface area contributed by atoms with E-state index >= 15 is 0 Å². The van der Waals surface area contributed by atoms with E-state index in [-0.39, 0.29) is 6.10 Å². The van der Waals surface area contributed by atoms with E-state index in [4.69, 9.17) is 13.9 Å². The fourth-order valence-electron chi connectivity index (χ4n) is 1.16. The Morgan fingerprint density at radius 1 is 1.53 bits per heavy atom. The van der Waals surface area contributed by atoms with Crippen molar-refractivity contribution in [2.45, 2.75) is 19.6 Å². The lowest BCUT2D eigenvalue weighted by Crippen LogP contribution is -2.29. The monoisotopic (exact) mass is 213 g/mol. The van der Waals surface area contributed by atoms with Crippen molar-refractivity contribution in [3.63, 3.8) is 0 Å². The number of hydrogen-bond donors (Lipinski definition) is 1. The second-order valence-electron chi connectivity index (χ2n) is 3.40. The molecule has 1 rings (SSSR count). The van der Waals surface area contributed by atoms with E-state index < -0.39 is 0 Å². The normalized spacial score (nSPS) is 12.9. The molecule has 0 aliphatic rings. The highest BCUT2D eigenvalue weighted by atomic mass is 16.5. The summed E-state index contributed by atoms with van der Waals surface area (Å²) in [5.74, 6) is 0.860. The number of rotatable bonds is 8. The molecule has 1 N–H and O–H groups in total. The maximum Gasteiger partial charge on any atom is 0.129 e. The van der Waals surface area contributed by atoms with Crippen LogP contribution in [-0.4, -0.2) is 32.9 Å². The maximum absolute atomic E-state index is 5.57. The average molecular weight is 213 g/mol. The molecule has 0 aromatic carbocycles. The Kier molecular flexibility index (Phi) is 6.08. The molecule has 4 nitrogen and oxygen atoms in total. The molecule has 1 aromatic heterocycles. The fourth-order valence-corrected chi connectivity index (χ4v) is 1.16. The molecule has 1 atom stereocenters. The minimum Gasteiger partial charge on any atom is -0.467 e. The summed E-state index contributed by atoms with van der Waals surface area (Å²) in [7, 11) is 1.69. The summed E-state index contributed by atoms with van der Waals surface area (Å²) in [5.41, 5.74) is 0. The summed E-state index contributed by atoms with van der Waals surface area (Å²) in [6.45, 7) is 4.96. The molecule has 0 bridgehead atoms. The van der Waals surface area contributed by atoms with Crippen LogP contribution < -0.4 is 5.32 Å². The van der Waals surface area contributed by atoms with Crippen molar-refractivity contribution in [2.75, 3.05) is 26.8 Å². The van der Waals surface area contributed by atoms with Crippen LogP contribution in [0.3, 0.4) is 0 Å². The van der Waals surface area contributed by atoms with E-state index in [1.807, 2.05) is 19.1 Å². The quantitative estimate of drug-likeness (QED) is 0.663. The largest absolute Gasteiger partial charge is 0.467 e. The van der Waals surface area contributed by atoms with E-state index in [1.165, 1.54) is 0 Å². The first-order valence-corrected chi connectivity index (χ1v) is 5.16. The lowest BCUT2D eigenvalue weighted by Gasteiger charge is -2.12. The zero-order valence-electron chi connectivity index (χ0n) is 9.36. The summed E-state index contributed by atoms with van der Waals surface area (Å²) >= 11 is 0. The summed E-state index contributed by atoms with van der Waals surface area (Å²) in [6.07, 6.45) is 1.83. The number of hydrogen-bond acceptors (Lipinski definition) is 4. The average Bonchev–Trinajstić information content (AvgIpc) is 2.74. The zero-order chi connectivity index (χ0) is 10.9. The van der Waals surface area contributed by atoms with E-state index in [9.17, 15) is 0 Å². The van der Waals surface area contributed by atoms with Crippen LogP contribution in [0.2, 0.25) is 0 Å². The first kappa shape index (κ1) is 12.2. The molecular formula is C11H19NO3. The molecule has 1 aromatic rings. The highest BCUT2D eigenvalue weighted by molar-refractivity contribution is 4.96. The maximum atomic E-state index is 5.57. The molecule has 1 unspecified atom stereocenters. The Balaban J connectivity index is 2.01. The van der Waals surface area contributed by atoms with Gasteiger partial charge in [0, 0.05) is 20.2 Å². The SMILES string of the molecule is COCCNCC(C)OCc1ccco1. The van der Waals surface area contributed by atoms with E-state index in [1.54, 1.807) is 13.4 Å². The summed E-state index contributed by atoms with van der Waals surface area (Å²) in [6, 6.07) is 3.77. The summed E-state index contributed by atoms with van der Waals surface area (Å²) < 4.78 is 15.7. The summed E-state index contributed by atoms with van der Waals surface area (Å²) in [5, 5.41) is 3.24. The molecular weight excluding hydrogens is 194 g/mol. The third-order valence-electron chi connectivity index (χ3n) is 2.00. The minimum absolute atomic E-state index is 0.173. The molecule has 0 spiro atoms. The van der Waals surface area contributed by atoms with Gasteiger partial charge in [0.1, 0.15) is 12.4 Å². The van der Waals surface area contributed by atoms with Gasteiger partial charge in [0.15, 0.2) is 0 Å². The van der Waals surface area contributed by atoms with Gasteiger partial charge in [-0.1, -0.05) is 0 Å².